The number of rotatable bonds is 6. The summed E-state index contributed by atoms with van der Waals surface area (Å²) in [4.78, 5) is 39.8. The van der Waals surface area contributed by atoms with Gasteiger partial charge in [0.2, 0.25) is 0 Å². The molecule has 1 saturated heterocycles. The lowest BCUT2D eigenvalue weighted by Gasteiger charge is -2.44. The first-order valence-corrected chi connectivity index (χ1v) is 19.3. The first kappa shape index (κ1) is 36.1. The van der Waals surface area contributed by atoms with E-state index in [4.69, 9.17) is 32.4 Å². The van der Waals surface area contributed by atoms with Crippen LogP contribution in [0.3, 0.4) is 0 Å². The van der Waals surface area contributed by atoms with E-state index in [1.165, 1.54) is 4.57 Å². The second-order valence-corrected chi connectivity index (χ2v) is 20.3. The molecule has 0 radical (unpaired) electrons. The second kappa shape index (κ2) is 13.1. The van der Waals surface area contributed by atoms with E-state index in [1.807, 2.05) is 64.6 Å². The normalized spacial score (nSPS) is 16.5. The number of piperazine rings is 1. The summed E-state index contributed by atoms with van der Waals surface area (Å²) >= 11 is 13.0. The van der Waals surface area contributed by atoms with E-state index < -0.39 is 42.7 Å². The third kappa shape index (κ3) is 7.22. The van der Waals surface area contributed by atoms with Crippen LogP contribution >= 0.6 is 23.2 Å². The first-order chi connectivity index (χ1) is 21.1. The molecule has 46 heavy (non-hydrogen) atoms. The molecular weight excluding hydrogens is 648 g/mol. The van der Waals surface area contributed by atoms with Crippen molar-refractivity contribution in [1.82, 2.24) is 19.4 Å². The second-order valence-electron chi connectivity index (χ2n) is 14.8. The van der Waals surface area contributed by atoms with E-state index in [-0.39, 0.29) is 59.1 Å². The molecule has 0 spiro atoms. The maximum atomic E-state index is 15.4. The van der Waals surface area contributed by atoms with Crippen LogP contribution in [0.2, 0.25) is 28.3 Å². The molecule has 13 heteroatoms. The zero-order chi connectivity index (χ0) is 34.5. The highest BCUT2D eigenvalue weighted by atomic mass is 35.5. The van der Waals surface area contributed by atoms with Gasteiger partial charge in [0.15, 0.2) is 24.9 Å². The number of aryl methyl sites for hydroxylation is 1. The number of pyridine rings is 1. The van der Waals surface area contributed by atoms with Gasteiger partial charge in [-0.3, -0.25) is 0 Å². The molecule has 1 amide bonds. The van der Waals surface area contributed by atoms with Crippen LogP contribution in [-0.4, -0.2) is 71.7 Å². The Balaban J connectivity index is 1.94. The van der Waals surface area contributed by atoms with Gasteiger partial charge in [0.25, 0.3) is 0 Å². The van der Waals surface area contributed by atoms with Gasteiger partial charge in [0, 0.05) is 19.6 Å². The Labute approximate surface area is 282 Å². The van der Waals surface area contributed by atoms with E-state index >= 15 is 4.39 Å². The minimum Gasteiger partial charge on any atom is -0.444 e. The van der Waals surface area contributed by atoms with Gasteiger partial charge in [0.1, 0.15) is 11.4 Å². The largest absolute Gasteiger partial charge is 0.444 e. The van der Waals surface area contributed by atoms with Crippen LogP contribution in [0.4, 0.5) is 15.0 Å². The number of ether oxygens (including phenoxy) is 1. The maximum absolute atomic E-state index is 15.4. The number of benzene rings is 1. The quantitative estimate of drug-likeness (QED) is 0.190. The predicted molar refractivity (Wildman–Crippen MR) is 186 cm³/mol. The van der Waals surface area contributed by atoms with Gasteiger partial charge < -0.3 is 19.0 Å². The highest BCUT2D eigenvalue weighted by Gasteiger charge is 2.41. The molecule has 0 N–H and O–H groups in total. The van der Waals surface area contributed by atoms with Crippen LogP contribution in [0, 0.1) is 12.7 Å². The molecule has 9 nitrogen and oxygen atoms in total. The molecule has 0 aliphatic carbocycles. The molecule has 0 unspecified atom stereocenters. The van der Waals surface area contributed by atoms with Crippen molar-refractivity contribution >= 4 is 54.5 Å². The third-order valence-corrected chi connectivity index (χ3v) is 13.9. The molecule has 252 valence electrons. The lowest BCUT2D eigenvalue weighted by molar-refractivity contribution is 0.0199. The van der Waals surface area contributed by atoms with E-state index in [9.17, 15) is 9.59 Å². The van der Waals surface area contributed by atoms with Gasteiger partial charge in [0.05, 0.1) is 28.7 Å². The SMILES string of the molecule is Cc1cccc(C(C)C)c1-n1c(=O)nc(N2CCN(C(=O)OC(C)(C)C)C[C@@H]2CO[Si](C)(C)C(C)(C)C)c2c(Cl)c(F)c(Cl)nc21. The minimum atomic E-state index is -2.24. The summed E-state index contributed by atoms with van der Waals surface area (Å²) in [5.74, 6) is -0.684. The van der Waals surface area contributed by atoms with E-state index in [2.05, 4.69) is 43.8 Å². The molecule has 1 atom stereocenters. The molecule has 2 aromatic heterocycles. The molecule has 4 rings (SSSR count). The molecule has 3 aromatic rings. The van der Waals surface area contributed by atoms with Gasteiger partial charge in [-0.15, -0.1) is 0 Å². The average Bonchev–Trinajstić information content (AvgIpc) is 2.93. The number of fused-ring (bicyclic) bond motifs is 1. The predicted octanol–water partition coefficient (Wildman–Crippen LogP) is 8.11. The summed E-state index contributed by atoms with van der Waals surface area (Å²) in [7, 11) is -2.24. The number of nitrogens with zero attached hydrogens (tertiary/aromatic N) is 5. The van der Waals surface area contributed by atoms with Crippen molar-refractivity contribution in [3.05, 3.63) is 55.8 Å². The Kier molecular flexibility index (Phi) is 10.2. The van der Waals surface area contributed by atoms with E-state index in [0.717, 1.165) is 11.1 Å². The number of para-hydroxylation sites is 1. The Morgan fingerprint density at radius 2 is 1.76 bits per heavy atom. The Morgan fingerprint density at radius 3 is 2.35 bits per heavy atom. The van der Waals surface area contributed by atoms with Gasteiger partial charge in [-0.2, -0.15) is 4.98 Å². The van der Waals surface area contributed by atoms with Crippen LogP contribution in [0.1, 0.15) is 72.4 Å². The summed E-state index contributed by atoms with van der Waals surface area (Å²) in [6.45, 7) is 23.1. The smallest absolute Gasteiger partial charge is 0.410 e. The maximum Gasteiger partial charge on any atom is 0.410 e. The standard InChI is InChI=1S/C33H46Cl2FN5O4Si/c1-19(2)22-14-12-13-20(3)26(22)41-29-23(24(34)25(36)27(35)37-29)28(38-30(41)42)40-16-15-39(31(43)45-32(4,5)6)17-21(40)18-44-46(10,11)33(7,8)9/h12-14,19,21H,15-18H2,1-11H3/t21-/m1/s1. The topological polar surface area (TPSA) is 89.8 Å². The molecular formula is C33H46Cl2FN5O4Si. The Morgan fingerprint density at radius 1 is 1.11 bits per heavy atom. The Hall–Kier alpha value is -2.73. The third-order valence-electron chi connectivity index (χ3n) is 8.81. The molecule has 1 aromatic carbocycles. The summed E-state index contributed by atoms with van der Waals surface area (Å²) in [6.07, 6.45) is -0.448. The van der Waals surface area contributed by atoms with Gasteiger partial charge >= 0.3 is 11.8 Å². The lowest BCUT2D eigenvalue weighted by atomic mass is 9.98. The monoisotopic (exact) mass is 693 g/mol. The number of hydrogen-bond acceptors (Lipinski definition) is 7. The van der Waals surface area contributed by atoms with E-state index in [0.29, 0.717) is 5.69 Å². The number of hydrogen-bond donors (Lipinski definition) is 0. The van der Waals surface area contributed by atoms with Crippen molar-refractivity contribution in [2.75, 3.05) is 31.1 Å². The molecule has 1 aliphatic heterocycles. The molecule has 1 fully saturated rings. The fraction of sp³-hybridized carbons (Fsp3) is 0.576. The molecule has 0 bridgehead atoms. The van der Waals surface area contributed by atoms with Crippen LogP contribution in [0.5, 0.6) is 0 Å². The first-order valence-electron chi connectivity index (χ1n) is 15.6. The van der Waals surface area contributed by atoms with Crippen molar-refractivity contribution in [2.45, 2.75) is 98.0 Å². The number of aromatic nitrogens is 3. The van der Waals surface area contributed by atoms with Crippen LogP contribution in [0.25, 0.3) is 16.7 Å². The summed E-state index contributed by atoms with van der Waals surface area (Å²) < 4.78 is 29.1. The fourth-order valence-corrected chi connectivity index (χ4v) is 6.82. The number of anilines is 1. The number of carbonyl (C=O) groups excluding carboxylic acids is 1. The Bertz CT molecular complexity index is 1700. The summed E-state index contributed by atoms with van der Waals surface area (Å²) in [5.41, 5.74) is 1.12. The zero-order valence-corrected chi connectivity index (χ0v) is 31.2. The van der Waals surface area contributed by atoms with Crippen molar-refractivity contribution in [3.63, 3.8) is 0 Å². The summed E-state index contributed by atoms with van der Waals surface area (Å²) in [5, 5.41) is -0.652. The number of amides is 1. The molecule has 1 aliphatic rings. The van der Waals surface area contributed by atoms with E-state index in [1.54, 1.807) is 4.90 Å². The minimum absolute atomic E-state index is 0.0562. The number of carbonyl (C=O) groups is 1. The van der Waals surface area contributed by atoms with Crippen molar-refractivity contribution in [3.8, 4) is 5.69 Å². The average molecular weight is 695 g/mol. The zero-order valence-electron chi connectivity index (χ0n) is 28.7. The van der Waals surface area contributed by atoms with Crippen LogP contribution in [-0.2, 0) is 9.16 Å². The van der Waals surface area contributed by atoms with Gasteiger partial charge in [-0.25, -0.2) is 23.5 Å². The fourth-order valence-electron chi connectivity index (χ4n) is 5.30. The molecule has 3 heterocycles. The number of halogens is 3. The van der Waals surface area contributed by atoms with Crippen LogP contribution < -0.4 is 10.6 Å². The van der Waals surface area contributed by atoms with Crippen LogP contribution in [0.15, 0.2) is 23.0 Å². The highest BCUT2D eigenvalue weighted by Crippen LogP contribution is 2.39. The van der Waals surface area contributed by atoms with Gasteiger partial charge in [-0.1, -0.05) is 76.0 Å². The molecule has 0 saturated carbocycles. The lowest BCUT2D eigenvalue weighted by Crippen LogP contribution is -2.59. The van der Waals surface area contributed by atoms with Crippen molar-refractivity contribution in [2.24, 2.45) is 0 Å². The van der Waals surface area contributed by atoms with Crippen molar-refractivity contribution in [1.29, 1.82) is 0 Å². The summed E-state index contributed by atoms with van der Waals surface area (Å²) in [6, 6.07) is 5.30. The van der Waals surface area contributed by atoms with Gasteiger partial charge in [-0.05, 0) is 62.9 Å². The highest BCUT2D eigenvalue weighted by molar-refractivity contribution is 6.74. The van der Waals surface area contributed by atoms with Crippen molar-refractivity contribution < 1.29 is 18.3 Å².